The van der Waals surface area contributed by atoms with Crippen molar-refractivity contribution in [3.05, 3.63) is 46.2 Å². The summed E-state index contributed by atoms with van der Waals surface area (Å²) < 4.78 is 8.24. The lowest BCUT2D eigenvalue weighted by molar-refractivity contribution is -0.113. The number of aromatic nitrogens is 3. The number of rotatable bonds is 3. The van der Waals surface area contributed by atoms with E-state index in [0.29, 0.717) is 6.04 Å². The molecule has 1 fully saturated rings. The average molecular weight is 361 g/mol. The fourth-order valence-corrected chi connectivity index (χ4v) is 4.43. The zero-order chi connectivity index (χ0) is 17.4. The average Bonchev–Trinajstić information content (AvgIpc) is 3.06. The number of benzene rings is 1. The van der Waals surface area contributed by atoms with Crippen LogP contribution >= 0.6 is 11.6 Å². The smallest absolute Gasteiger partial charge is 0.0967 e. The summed E-state index contributed by atoms with van der Waals surface area (Å²) >= 11 is 6.28. The van der Waals surface area contributed by atoms with Crippen LogP contribution in [-0.2, 0) is 29.8 Å². The predicted molar refractivity (Wildman–Crippen MR) is 97.6 cm³/mol. The Hall–Kier alpha value is -1.43. The van der Waals surface area contributed by atoms with Crippen molar-refractivity contribution < 1.29 is 4.74 Å². The van der Waals surface area contributed by atoms with Gasteiger partial charge in [0.05, 0.1) is 17.9 Å². The summed E-state index contributed by atoms with van der Waals surface area (Å²) in [4.78, 5) is 2.48. The van der Waals surface area contributed by atoms with E-state index in [0.717, 1.165) is 56.2 Å². The molecular weight excluding hydrogens is 336 g/mol. The second-order valence-electron chi connectivity index (χ2n) is 7.23. The van der Waals surface area contributed by atoms with E-state index >= 15 is 0 Å². The lowest BCUT2D eigenvalue weighted by Gasteiger charge is -2.48. The molecule has 1 aromatic heterocycles. The van der Waals surface area contributed by atoms with Gasteiger partial charge in [0.15, 0.2) is 0 Å². The molecule has 2 atom stereocenters. The molecule has 0 aliphatic carbocycles. The zero-order valence-corrected chi connectivity index (χ0v) is 15.7. The van der Waals surface area contributed by atoms with E-state index in [1.54, 1.807) is 0 Å². The number of fused-ring (bicyclic) bond motifs is 2. The van der Waals surface area contributed by atoms with Gasteiger partial charge >= 0.3 is 0 Å². The topological polar surface area (TPSA) is 43.2 Å². The maximum atomic E-state index is 6.36. The van der Waals surface area contributed by atoms with Crippen molar-refractivity contribution >= 4 is 11.6 Å². The summed E-state index contributed by atoms with van der Waals surface area (Å²) in [5, 5.41) is 9.24. The van der Waals surface area contributed by atoms with E-state index in [-0.39, 0.29) is 5.60 Å². The van der Waals surface area contributed by atoms with E-state index in [9.17, 15) is 0 Å². The van der Waals surface area contributed by atoms with Crippen LogP contribution in [0.5, 0.6) is 0 Å². The zero-order valence-electron chi connectivity index (χ0n) is 14.9. The van der Waals surface area contributed by atoms with Crippen LogP contribution in [-0.4, -0.2) is 39.1 Å². The Balaban J connectivity index is 1.53. The molecule has 2 aliphatic heterocycles. The van der Waals surface area contributed by atoms with Crippen molar-refractivity contribution in [3.63, 3.8) is 0 Å². The van der Waals surface area contributed by atoms with Gasteiger partial charge in [-0.05, 0) is 56.4 Å². The van der Waals surface area contributed by atoms with Crippen molar-refractivity contribution in [1.29, 1.82) is 0 Å². The standard InChI is InChI=1S/C19H25ClN4O/c1-3-24-13-17(21-22-24)12-23-8-7-19(11-14(23)2)18-10-16(20)5-4-15(18)6-9-25-19/h4-5,10,13-14H,3,6-9,11-12H2,1-2H3/t14-,19?/m0/s1. The van der Waals surface area contributed by atoms with Gasteiger partial charge < -0.3 is 4.74 Å². The molecule has 134 valence electrons. The third kappa shape index (κ3) is 3.21. The Labute approximate surface area is 153 Å². The van der Waals surface area contributed by atoms with Crippen molar-refractivity contribution in [2.75, 3.05) is 13.2 Å². The summed E-state index contributed by atoms with van der Waals surface area (Å²) in [5.74, 6) is 0. The molecule has 4 rings (SSSR count). The van der Waals surface area contributed by atoms with E-state index in [4.69, 9.17) is 16.3 Å². The molecule has 2 aliphatic rings. The number of likely N-dealkylation sites (tertiary alicyclic amines) is 1. The minimum atomic E-state index is -0.185. The first-order valence-corrected chi connectivity index (χ1v) is 9.53. The first-order chi connectivity index (χ1) is 12.1. The third-order valence-electron chi connectivity index (χ3n) is 5.64. The molecule has 0 amide bonds. The van der Waals surface area contributed by atoms with Gasteiger partial charge in [0.25, 0.3) is 0 Å². The maximum Gasteiger partial charge on any atom is 0.0967 e. The van der Waals surface area contributed by atoms with Crippen molar-refractivity contribution in [2.45, 2.75) is 57.8 Å². The molecule has 0 N–H and O–H groups in total. The van der Waals surface area contributed by atoms with Gasteiger partial charge in [-0.1, -0.05) is 22.9 Å². The van der Waals surface area contributed by atoms with Crippen LogP contribution in [0, 0.1) is 0 Å². The summed E-state index contributed by atoms with van der Waals surface area (Å²) in [5.41, 5.74) is 3.55. The molecule has 1 spiro atoms. The van der Waals surface area contributed by atoms with Gasteiger partial charge in [-0.2, -0.15) is 0 Å². The SMILES string of the molecule is CCn1cc(CN2CCC3(C[C@@H]2C)OCCc2ccc(Cl)cc23)nn1. The molecule has 5 nitrogen and oxygen atoms in total. The van der Waals surface area contributed by atoms with Crippen molar-refractivity contribution in [1.82, 2.24) is 19.9 Å². The number of nitrogens with zero attached hydrogens (tertiary/aromatic N) is 4. The molecule has 2 aromatic rings. The fourth-order valence-electron chi connectivity index (χ4n) is 4.26. The van der Waals surface area contributed by atoms with Crippen LogP contribution in [0.2, 0.25) is 5.02 Å². The largest absolute Gasteiger partial charge is 0.370 e. The molecule has 0 radical (unpaired) electrons. The van der Waals surface area contributed by atoms with Gasteiger partial charge in [0.1, 0.15) is 0 Å². The second-order valence-corrected chi connectivity index (χ2v) is 7.67. The maximum absolute atomic E-state index is 6.36. The minimum Gasteiger partial charge on any atom is -0.370 e. The van der Waals surface area contributed by atoms with E-state index in [1.165, 1.54) is 11.1 Å². The number of halogens is 1. The molecule has 25 heavy (non-hydrogen) atoms. The third-order valence-corrected chi connectivity index (χ3v) is 5.87. The second kappa shape index (κ2) is 6.71. The molecule has 1 saturated heterocycles. The number of hydrogen-bond donors (Lipinski definition) is 0. The number of ether oxygens (including phenoxy) is 1. The first-order valence-electron chi connectivity index (χ1n) is 9.15. The fraction of sp³-hybridized carbons (Fsp3) is 0.579. The van der Waals surface area contributed by atoms with E-state index in [1.807, 2.05) is 16.9 Å². The monoisotopic (exact) mass is 360 g/mol. The van der Waals surface area contributed by atoms with Crippen LogP contribution < -0.4 is 0 Å². The van der Waals surface area contributed by atoms with Gasteiger partial charge in [-0.15, -0.1) is 5.10 Å². The Bertz CT molecular complexity index is 762. The van der Waals surface area contributed by atoms with Crippen LogP contribution in [0.25, 0.3) is 0 Å². The van der Waals surface area contributed by atoms with Gasteiger partial charge in [-0.25, -0.2) is 0 Å². The molecule has 6 heteroatoms. The van der Waals surface area contributed by atoms with E-state index in [2.05, 4.69) is 41.2 Å². The van der Waals surface area contributed by atoms with Crippen molar-refractivity contribution in [2.24, 2.45) is 0 Å². The lowest BCUT2D eigenvalue weighted by Crippen LogP contribution is -2.50. The van der Waals surface area contributed by atoms with Gasteiger partial charge in [0, 0.05) is 36.9 Å². The summed E-state index contributed by atoms with van der Waals surface area (Å²) in [6.07, 6.45) is 5.00. The summed E-state index contributed by atoms with van der Waals surface area (Å²) in [7, 11) is 0. The van der Waals surface area contributed by atoms with Crippen LogP contribution in [0.4, 0.5) is 0 Å². The van der Waals surface area contributed by atoms with Gasteiger partial charge in [-0.3, -0.25) is 9.58 Å². The highest BCUT2D eigenvalue weighted by Gasteiger charge is 2.43. The van der Waals surface area contributed by atoms with E-state index < -0.39 is 0 Å². The quantitative estimate of drug-likeness (QED) is 0.841. The molecule has 0 bridgehead atoms. The lowest BCUT2D eigenvalue weighted by atomic mass is 9.77. The Morgan fingerprint density at radius 3 is 3.04 bits per heavy atom. The summed E-state index contributed by atoms with van der Waals surface area (Å²) in [6, 6.07) is 6.70. The highest BCUT2D eigenvalue weighted by atomic mass is 35.5. The minimum absolute atomic E-state index is 0.185. The highest BCUT2D eigenvalue weighted by Crippen LogP contribution is 2.44. The number of aryl methyl sites for hydroxylation is 1. The van der Waals surface area contributed by atoms with Crippen LogP contribution in [0.1, 0.15) is 43.5 Å². The summed E-state index contributed by atoms with van der Waals surface area (Å²) in [6.45, 7) is 7.86. The predicted octanol–water partition coefficient (Wildman–Crippen LogP) is 3.40. The normalized spacial score (nSPS) is 26.8. The Morgan fingerprint density at radius 1 is 1.40 bits per heavy atom. The molecule has 3 heterocycles. The van der Waals surface area contributed by atoms with Crippen LogP contribution in [0.3, 0.4) is 0 Å². The Morgan fingerprint density at radius 2 is 2.28 bits per heavy atom. The first kappa shape index (κ1) is 17.0. The molecular formula is C19H25ClN4O. The molecule has 1 aromatic carbocycles. The number of hydrogen-bond acceptors (Lipinski definition) is 4. The number of piperidine rings is 1. The van der Waals surface area contributed by atoms with Crippen LogP contribution in [0.15, 0.2) is 24.4 Å². The molecule has 1 unspecified atom stereocenters. The van der Waals surface area contributed by atoms with Crippen molar-refractivity contribution in [3.8, 4) is 0 Å². The highest BCUT2D eigenvalue weighted by molar-refractivity contribution is 6.30. The molecule has 0 saturated carbocycles. The van der Waals surface area contributed by atoms with Gasteiger partial charge in [0.2, 0.25) is 0 Å². The Kier molecular flexibility index (Phi) is 4.56.